The second-order valence-corrected chi connectivity index (χ2v) is 7.72. The molecule has 2 N–H and O–H groups in total. The molecule has 1 aromatic carbocycles. The van der Waals surface area contributed by atoms with E-state index in [1.54, 1.807) is 0 Å². The zero-order valence-electron chi connectivity index (χ0n) is 16.7. The summed E-state index contributed by atoms with van der Waals surface area (Å²) in [7, 11) is 2.15. The molecule has 5 nitrogen and oxygen atoms in total. The fourth-order valence-corrected chi connectivity index (χ4v) is 4.03. The van der Waals surface area contributed by atoms with Gasteiger partial charge in [-0.1, -0.05) is 12.1 Å². The van der Waals surface area contributed by atoms with Crippen LogP contribution in [0.3, 0.4) is 0 Å². The predicted octanol–water partition coefficient (Wildman–Crippen LogP) is 3.04. The molecule has 0 aliphatic carbocycles. The minimum atomic E-state index is -0.135. The van der Waals surface area contributed by atoms with Gasteiger partial charge in [0.25, 0.3) is 11.5 Å². The molecule has 1 saturated heterocycles. The molecule has 2 heterocycles. The molecule has 1 aromatic heterocycles. The van der Waals surface area contributed by atoms with Crippen molar-refractivity contribution in [1.82, 2.24) is 15.2 Å². The predicted molar refractivity (Wildman–Crippen MR) is 108 cm³/mol. The number of pyridine rings is 1. The number of piperidine rings is 1. The van der Waals surface area contributed by atoms with Crippen molar-refractivity contribution in [3.8, 4) is 0 Å². The summed E-state index contributed by atoms with van der Waals surface area (Å²) in [5, 5.41) is 2.93. The molecule has 1 aliphatic heterocycles. The highest BCUT2D eigenvalue weighted by molar-refractivity contribution is 5.95. The van der Waals surface area contributed by atoms with E-state index in [0.717, 1.165) is 42.8 Å². The number of likely N-dealkylation sites (tertiary alicyclic amines) is 1. The molecule has 0 saturated carbocycles. The summed E-state index contributed by atoms with van der Waals surface area (Å²) in [4.78, 5) is 30.1. The maximum absolute atomic E-state index is 12.8. The molecule has 0 spiro atoms. The van der Waals surface area contributed by atoms with Gasteiger partial charge in [-0.15, -0.1) is 0 Å². The molecule has 0 bridgehead atoms. The summed E-state index contributed by atoms with van der Waals surface area (Å²) in [6.07, 6.45) is 2.25. The van der Waals surface area contributed by atoms with Gasteiger partial charge in [-0.25, -0.2) is 0 Å². The van der Waals surface area contributed by atoms with Gasteiger partial charge >= 0.3 is 0 Å². The number of aromatic amines is 1. The fourth-order valence-electron chi connectivity index (χ4n) is 4.03. The van der Waals surface area contributed by atoms with E-state index in [9.17, 15) is 9.59 Å². The van der Waals surface area contributed by atoms with E-state index in [4.69, 9.17) is 0 Å². The Balaban J connectivity index is 1.76. The van der Waals surface area contributed by atoms with Crippen molar-refractivity contribution < 1.29 is 4.79 Å². The maximum Gasteiger partial charge on any atom is 0.253 e. The molecule has 0 unspecified atom stereocenters. The molecule has 3 rings (SSSR count). The smallest absolute Gasteiger partial charge is 0.253 e. The lowest BCUT2D eigenvalue weighted by atomic mass is 9.85. The zero-order valence-corrected chi connectivity index (χ0v) is 16.7. The summed E-state index contributed by atoms with van der Waals surface area (Å²) < 4.78 is 0. The van der Waals surface area contributed by atoms with Crippen molar-refractivity contribution >= 4 is 5.91 Å². The number of H-pyrrole nitrogens is 1. The lowest BCUT2D eigenvalue weighted by Gasteiger charge is -2.30. The van der Waals surface area contributed by atoms with Crippen molar-refractivity contribution in [3.05, 3.63) is 68.1 Å². The average molecular weight is 367 g/mol. The number of aromatic nitrogens is 1. The lowest BCUT2D eigenvalue weighted by Crippen LogP contribution is -2.30. The van der Waals surface area contributed by atoms with E-state index in [2.05, 4.69) is 28.3 Å². The number of carbonyl (C=O) groups is 1. The number of rotatable bonds is 4. The number of benzene rings is 1. The van der Waals surface area contributed by atoms with Crippen LogP contribution in [-0.2, 0) is 6.54 Å². The van der Waals surface area contributed by atoms with Gasteiger partial charge in [-0.05, 0) is 88.5 Å². The topological polar surface area (TPSA) is 65.2 Å². The zero-order chi connectivity index (χ0) is 19.6. The summed E-state index contributed by atoms with van der Waals surface area (Å²) >= 11 is 0. The number of amides is 1. The molecule has 0 atom stereocenters. The largest absolute Gasteiger partial charge is 0.348 e. The van der Waals surface area contributed by atoms with Crippen LogP contribution in [0.15, 0.2) is 29.1 Å². The first-order chi connectivity index (χ1) is 12.9. The molecule has 1 aliphatic rings. The highest BCUT2D eigenvalue weighted by Crippen LogP contribution is 2.31. The first-order valence-electron chi connectivity index (χ1n) is 9.62. The minimum Gasteiger partial charge on any atom is -0.348 e. The third-order valence-corrected chi connectivity index (χ3v) is 5.70. The Morgan fingerprint density at radius 3 is 2.59 bits per heavy atom. The van der Waals surface area contributed by atoms with E-state index in [-0.39, 0.29) is 18.0 Å². The highest BCUT2D eigenvalue weighted by atomic mass is 16.1. The molecule has 144 valence electrons. The van der Waals surface area contributed by atoms with E-state index >= 15 is 0 Å². The number of aryl methyl sites for hydroxylation is 2. The Bertz CT molecular complexity index is 893. The van der Waals surface area contributed by atoms with Crippen LogP contribution >= 0.6 is 0 Å². The van der Waals surface area contributed by atoms with E-state index < -0.39 is 0 Å². The Hall–Kier alpha value is -2.40. The number of hydrogen-bond acceptors (Lipinski definition) is 3. The third-order valence-electron chi connectivity index (χ3n) is 5.70. The van der Waals surface area contributed by atoms with Gasteiger partial charge in [-0.3, -0.25) is 9.59 Å². The Labute approximate surface area is 160 Å². The standard InChI is InChI=1S/C22H29N3O2/c1-14-12-15(2)24-22(27)20(14)13-23-21(26)19-7-5-6-18(16(19)3)17-8-10-25(4)11-9-17/h5-7,12,17H,8-11,13H2,1-4H3,(H,23,26)(H,24,27). The molecule has 1 fully saturated rings. The molecular weight excluding hydrogens is 338 g/mol. The highest BCUT2D eigenvalue weighted by Gasteiger charge is 2.22. The first kappa shape index (κ1) is 19.4. The van der Waals surface area contributed by atoms with E-state index in [1.807, 2.05) is 39.0 Å². The minimum absolute atomic E-state index is 0.123. The fraction of sp³-hybridized carbons (Fsp3) is 0.455. The van der Waals surface area contributed by atoms with Crippen LogP contribution in [0.4, 0.5) is 0 Å². The SMILES string of the molecule is Cc1cc(C)c(CNC(=O)c2cccc(C3CCN(C)CC3)c2C)c(=O)[nH]1. The van der Waals surface area contributed by atoms with Crippen LogP contribution in [0.25, 0.3) is 0 Å². The van der Waals surface area contributed by atoms with Crippen LogP contribution in [0.1, 0.15) is 57.1 Å². The van der Waals surface area contributed by atoms with E-state index in [0.29, 0.717) is 17.0 Å². The number of nitrogens with zero attached hydrogens (tertiary/aromatic N) is 1. The molecule has 27 heavy (non-hydrogen) atoms. The molecule has 1 amide bonds. The van der Waals surface area contributed by atoms with Gasteiger partial charge in [0.05, 0.1) is 0 Å². The normalized spacial score (nSPS) is 15.7. The van der Waals surface area contributed by atoms with Crippen LogP contribution < -0.4 is 10.9 Å². The number of hydrogen-bond donors (Lipinski definition) is 2. The molecular formula is C22H29N3O2. The van der Waals surface area contributed by atoms with Gasteiger partial charge in [0.2, 0.25) is 0 Å². The second kappa shape index (κ2) is 8.09. The van der Waals surface area contributed by atoms with Crippen LogP contribution in [0, 0.1) is 20.8 Å². The van der Waals surface area contributed by atoms with Crippen molar-refractivity contribution in [1.29, 1.82) is 0 Å². The monoisotopic (exact) mass is 367 g/mol. The average Bonchev–Trinajstić information content (AvgIpc) is 2.61. The summed E-state index contributed by atoms with van der Waals surface area (Å²) in [5.74, 6) is 0.387. The van der Waals surface area contributed by atoms with Crippen molar-refractivity contribution in [3.63, 3.8) is 0 Å². The van der Waals surface area contributed by atoms with Gasteiger partial charge in [-0.2, -0.15) is 0 Å². The lowest BCUT2D eigenvalue weighted by molar-refractivity contribution is 0.0950. The van der Waals surface area contributed by atoms with Gasteiger partial charge in [0.1, 0.15) is 0 Å². The third kappa shape index (κ3) is 4.30. The van der Waals surface area contributed by atoms with Crippen LogP contribution in [0.2, 0.25) is 0 Å². The molecule has 0 radical (unpaired) electrons. The maximum atomic E-state index is 12.8. The van der Waals surface area contributed by atoms with Gasteiger partial charge < -0.3 is 15.2 Å². The first-order valence-corrected chi connectivity index (χ1v) is 9.62. The van der Waals surface area contributed by atoms with Gasteiger partial charge in [0.15, 0.2) is 0 Å². The van der Waals surface area contributed by atoms with Crippen LogP contribution in [-0.4, -0.2) is 35.9 Å². The Kier molecular flexibility index (Phi) is 5.80. The Morgan fingerprint density at radius 1 is 1.22 bits per heavy atom. The van der Waals surface area contributed by atoms with Crippen molar-refractivity contribution in [2.45, 2.75) is 46.1 Å². The van der Waals surface area contributed by atoms with E-state index in [1.165, 1.54) is 5.56 Å². The van der Waals surface area contributed by atoms with Crippen molar-refractivity contribution in [2.24, 2.45) is 0 Å². The quantitative estimate of drug-likeness (QED) is 0.873. The van der Waals surface area contributed by atoms with Crippen molar-refractivity contribution in [2.75, 3.05) is 20.1 Å². The summed E-state index contributed by atoms with van der Waals surface area (Å²) in [6, 6.07) is 7.92. The molecule has 2 aromatic rings. The van der Waals surface area contributed by atoms with Crippen LogP contribution in [0.5, 0.6) is 0 Å². The Morgan fingerprint density at radius 2 is 1.93 bits per heavy atom. The summed E-state index contributed by atoms with van der Waals surface area (Å²) in [6.45, 7) is 8.21. The van der Waals surface area contributed by atoms with Gasteiger partial charge in [0, 0.05) is 23.4 Å². The summed E-state index contributed by atoms with van der Waals surface area (Å²) in [5.41, 5.74) is 5.23. The number of carbonyl (C=O) groups excluding carboxylic acids is 1. The molecule has 5 heteroatoms. The second-order valence-electron chi connectivity index (χ2n) is 7.72. The number of nitrogens with one attached hydrogen (secondary N) is 2.